The van der Waals surface area contributed by atoms with E-state index in [1.165, 1.54) is 27.7 Å². The molecule has 1 heterocycles. The molecule has 1 aliphatic rings. The molecular formula is C17H27BrN2. The van der Waals surface area contributed by atoms with Crippen molar-refractivity contribution in [2.75, 3.05) is 18.0 Å². The van der Waals surface area contributed by atoms with Gasteiger partial charge in [-0.1, -0.05) is 36.7 Å². The van der Waals surface area contributed by atoms with Crippen LogP contribution in [0.4, 0.5) is 5.69 Å². The third kappa shape index (κ3) is 3.20. The number of hydrogen-bond acceptors (Lipinski definition) is 2. The van der Waals surface area contributed by atoms with Crippen LogP contribution in [-0.4, -0.2) is 25.2 Å². The van der Waals surface area contributed by atoms with E-state index in [-0.39, 0.29) is 0 Å². The number of nitrogens with zero attached hydrogens (tertiary/aromatic N) is 1. The Kier molecular flexibility index (Phi) is 5.14. The fourth-order valence-electron chi connectivity index (χ4n) is 3.26. The Hall–Kier alpha value is -0.540. The van der Waals surface area contributed by atoms with Crippen LogP contribution >= 0.6 is 15.9 Å². The molecule has 2 unspecified atom stereocenters. The number of halogens is 1. The number of rotatable bonds is 3. The quantitative estimate of drug-likeness (QED) is 0.884. The van der Waals surface area contributed by atoms with Crippen molar-refractivity contribution in [3.8, 4) is 0 Å². The predicted molar refractivity (Wildman–Crippen MR) is 91.7 cm³/mol. The zero-order chi connectivity index (χ0) is 14.9. The first kappa shape index (κ1) is 15.8. The molecule has 20 heavy (non-hydrogen) atoms. The van der Waals surface area contributed by atoms with E-state index in [0.29, 0.717) is 18.0 Å². The molecule has 1 N–H and O–H groups in total. The van der Waals surface area contributed by atoms with Crippen molar-refractivity contribution in [2.24, 2.45) is 5.92 Å². The number of hydrogen-bond donors (Lipinski definition) is 1. The molecule has 0 saturated carbocycles. The Balaban J connectivity index is 2.36. The topological polar surface area (TPSA) is 15.3 Å². The molecule has 1 aliphatic heterocycles. The van der Waals surface area contributed by atoms with Gasteiger partial charge in [-0.3, -0.25) is 0 Å². The van der Waals surface area contributed by atoms with E-state index in [1.54, 1.807) is 0 Å². The molecule has 0 bridgehead atoms. The van der Waals surface area contributed by atoms with E-state index in [9.17, 15) is 0 Å². The summed E-state index contributed by atoms with van der Waals surface area (Å²) >= 11 is 3.61. The summed E-state index contributed by atoms with van der Waals surface area (Å²) in [6.07, 6.45) is 1.19. The lowest BCUT2D eigenvalue weighted by molar-refractivity contribution is 0.324. The van der Waals surface area contributed by atoms with Gasteiger partial charge >= 0.3 is 0 Å². The van der Waals surface area contributed by atoms with Gasteiger partial charge in [0.05, 0.1) is 0 Å². The summed E-state index contributed by atoms with van der Waals surface area (Å²) in [4.78, 5) is 2.64. The van der Waals surface area contributed by atoms with Crippen molar-refractivity contribution in [1.29, 1.82) is 0 Å². The second kappa shape index (κ2) is 6.48. The van der Waals surface area contributed by atoms with Gasteiger partial charge in [0.1, 0.15) is 0 Å². The van der Waals surface area contributed by atoms with E-state index >= 15 is 0 Å². The van der Waals surface area contributed by atoms with Gasteiger partial charge in [0.2, 0.25) is 0 Å². The van der Waals surface area contributed by atoms with E-state index in [2.05, 4.69) is 72.9 Å². The van der Waals surface area contributed by atoms with Crippen LogP contribution in [0, 0.1) is 19.8 Å². The number of anilines is 1. The fourth-order valence-corrected chi connectivity index (χ4v) is 3.95. The first-order chi connectivity index (χ1) is 9.43. The van der Waals surface area contributed by atoms with Crippen LogP contribution in [0.1, 0.15) is 38.3 Å². The van der Waals surface area contributed by atoms with Crippen molar-refractivity contribution >= 4 is 21.6 Å². The molecule has 1 aromatic carbocycles. The predicted octanol–water partition coefficient (Wildman–Crippen LogP) is 4.28. The molecule has 0 amide bonds. The third-order valence-corrected chi connectivity index (χ3v) is 4.93. The Morgan fingerprint density at radius 3 is 2.40 bits per heavy atom. The van der Waals surface area contributed by atoms with Gasteiger partial charge in [-0.15, -0.1) is 0 Å². The molecule has 1 aromatic rings. The molecule has 1 fully saturated rings. The van der Waals surface area contributed by atoms with Crippen LogP contribution in [0.5, 0.6) is 0 Å². The van der Waals surface area contributed by atoms with Crippen molar-refractivity contribution < 1.29 is 0 Å². The second-order valence-corrected chi connectivity index (χ2v) is 7.28. The van der Waals surface area contributed by atoms with Crippen LogP contribution < -0.4 is 10.2 Å². The van der Waals surface area contributed by atoms with Crippen LogP contribution in [0.3, 0.4) is 0 Å². The van der Waals surface area contributed by atoms with Gasteiger partial charge in [0.15, 0.2) is 0 Å². The number of piperazine rings is 1. The maximum Gasteiger partial charge on any atom is 0.0429 e. The molecule has 0 spiro atoms. The van der Waals surface area contributed by atoms with Crippen molar-refractivity contribution in [3.05, 3.63) is 27.7 Å². The van der Waals surface area contributed by atoms with Gasteiger partial charge in [-0.25, -0.2) is 0 Å². The average Bonchev–Trinajstić information content (AvgIpc) is 2.37. The van der Waals surface area contributed by atoms with Crippen molar-refractivity contribution in [1.82, 2.24) is 5.32 Å². The maximum absolute atomic E-state index is 3.72. The highest BCUT2D eigenvalue weighted by atomic mass is 79.9. The Morgan fingerprint density at radius 1 is 1.30 bits per heavy atom. The average molecular weight is 339 g/mol. The lowest BCUT2D eigenvalue weighted by atomic mass is 9.96. The number of aryl methyl sites for hydroxylation is 2. The zero-order valence-electron chi connectivity index (χ0n) is 13.3. The Morgan fingerprint density at radius 2 is 1.90 bits per heavy atom. The van der Waals surface area contributed by atoms with Gasteiger partial charge < -0.3 is 10.2 Å². The summed E-state index contributed by atoms with van der Waals surface area (Å²) in [5.41, 5.74) is 4.19. The van der Waals surface area contributed by atoms with E-state index in [0.717, 1.165) is 13.1 Å². The molecule has 112 valence electrons. The largest absolute Gasteiger partial charge is 0.365 e. The van der Waals surface area contributed by atoms with E-state index in [1.807, 2.05) is 0 Å². The van der Waals surface area contributed by atoms with Crippen LogP contribution in [0.15, 0.2) is 16.6 Å². The monoisotopic (exact) mass is 338 g/mol. The summed E-state index contributed by atoms with van der Waals surface area (Å²) in [7, 11) is 0. The molecule has 2 rings (SSSR count). The molecular weight excluding hydrogens is 312 g/mol. The standard InChI is InChI=1S/C17H27BrN2/c1-6-15-9-19-16(11(2)3)10-20(15)17-12(4)7-14(18)8-13(17)5/h7-8,11,15-16,19H,6,9-10H2,1-5H3. The maximum atomic E-state index is 3.72. The van der Waals surface area contributed by atoms with Gasteiger partial charge in [0.25, 0.3) is 0 Å². The van der Waals surface area contributed by atoms with E-state index in [4.69, 9.17) is 0 Å². The highest BCUT2D eigenvalue weighted by Crippen LogP contribution is 2.32. The highest BCUT2D eigenvalue weighted by Gasteiger charge is 2.30. The molecule has 1 saturated heterocycles. The Labute approximate surface area is 132 Å². The smallest absolute Gasteiger partial charge is 0.0429 e. The summed E-state index contributed by atoms with van der Waals surface area (Å²) in [5, 5.41) is 3.72. The van der Waals surface area contributed by atoms with Crippen LogP contribution in [0.25, 0.3) is 0 Å². The zero-order valence-corrected chi connectivity index (χ0v) is 14.9. The normalized spacial score (nSPS) is 23.4. The number of benzene rings is 1. The van der Waals surface area contributed by atoms with Crippen molar-refractivity contribution in [3.63, 3.8) is 0 Å². The highest BCUT2D eigenvalue weighted by molar-refractivity contribution is 9.10. The molecule has 2 nitrogen and oxygen atoms in total. The summed E-state index contributed by atoms with van der Waals surface area (Å²) in [6, 6.07) is 5.66. The molecule has 0 radical (unpaired) electrons. The first-order valence-electron chi connectivity index (χ1n) is 7.70. The second-order valence-electron chi connectivity index (χ2n) is 6.36. The minimum atomic E-state index is 0.584. The van der Waals surface area contributed by atoms with Gasteiger partial charge in [0, 0.05) is 35.3 Å². The van der Waals surface area contributed by atoms with Gasteiger partial charge in [-0.2, -0.15) is 0 Å². The molecule has 3 heteroatoms. The van der Waals surface area contributed by atoms with Crippen LogP contribution in [0.2, 0.25) is 0 Å². The Bertz CT molecular complexity index is 447. The summed E-state index contributed by atoms with van der Waals surface area (Å²) < 4.78 is 1.18. The lowest BCUT2D eigenvalue weighted by Crippen LogP contribution is -2.58. The molecule has 2 atom stereocenters. The summed E-state index contributed by atoms with van der Waals surface area (Å²) in [6.45, 7) is 13.6. The van der Waals surface area contributed by atoms with Crippen LogP contribution in [-0.2, 0) is 0 Å². The molecule has 0 aromatic heterocycles. The first-order valence-corrected chi connectivity index (χ1v) is 8.50. The third-order valence-electron chi connectivity index (χ3n) is 4.47. The SMILES string of the molecule is CCC1CNC(C(C)C)CN1c1c(C)cc(Br)cc1C. The van der Waals surface area contributed by atoms with Gasteiger partial charge in [-0.05, 0) is 49.4 Å². The summed E-state index contributed by atoms with van der Waals surface area (Å²) in [5.74, 6) is 0.673. The lowest BCUT2D eigenvalue weighted by Gasteiger charge is -2.44. The minimum Gasteiger partial charge on any atom is -0.365 e. The fraction of sp³-hybridized carbons (Fsp3) is 0.647. The minimum absolute atomic E-state index is 0.584. The van der Waals surface area contributed by atoms with Crippen molar-refractivity contribution in [2.45, 2.75) is 53.1 Å². The molecule has 0 aliphatic carbocycles. The number of nitrogens with one attached hydrogen (secondary N) is 1. The van der Waals surface area contributed by atoms with E-state index < -0.39 is 0 Å².